The molecule has 1 amide bonds. The highest BCUT2D eigenvalue weighted by atomic mass is 32.2. The summed E-state index contributed by atoms with van der Waals surface area (Å²) < 4.78 is 7.67. The molecule has 2 N–H and O–H groups in total. The topological polar surface area (TPSA) is 80.0 Å². The standard InChI is InChI=1S/C25H26N4O2S/c1-2-3-4-8-15-31-21-13-11-18(12-14-21)23-19(16-22-24(30)27-25(26)32-22)17-29(28-23)20-9-6-5-7-10-20/h5-7,9-14,16-17H,2-4,8,15H2,1H3,(H2,26,27,30). The Kier molecular flexibility index (Phi) is 7.07. The Morgan fingerprint density at radius 2 is 1.88 bits per heavy atom. The lowest BCUT2D eigenvalue weighted by Gasteiger charge is -2.07. The number of amidine groups is 1. The van der Waals surface area contributed by atoms with Crippen molar-refractivity contribution in [2.45, 2.75) is 32.6 Å². The van der Waals surface area contributed by atoms with Crippen molar-refractivity contribution in [3.8, 4) is 22.7 Å². The van der Waals surface area contributed by atoms with Crippen molar-refractivity contribution < 1.29 is 9.53 Å². The highest BCUT2D eigenvalue weighted by Gasteiger charge is 2.23. The quantitative estimate of drug-likeness (QED) is 0.329. The van der Waals surface area contributed by atoms with Crippen LogP contribution in [0.4, 0.5) is 0 Å². The SMILES string of the molecule is CCCCCCOc1ccc(-c2nn(-c3ccccc3)cc2C=C2SC(=N)NC2=O)cc1. The molecule has 164 valence electrons. The fraction of sp³-hybridized carbons (Fsp3) is 0.240. The number of para-hydroxylation sites is 1. The van der Waals surface area contributed by atoms with Crippen molar-refractivity contribution in [3.63, 3.8) is 0 Å². The van der Waals surface area contributed by atoms with E-state index in [1.54, 1.807) is 6.08 Å². The summed E-state index contributed by atoms with van der Waals surface area (Å²) in [6, 6.07) is 17.7. The average Bonchev–Trinajstić information content (AvgIpc) is 3.37. The largest absolute Gasteiger partial charge is 0.494 e. The maximum Gasteiger partial charge on any atom is 0.264 e. The molecule has 32 heavy (non-hydrogen) atoms. The summed E-state index contributed by atoms with van der Waals surface area (Å²) >= 11 is 1.12. The first kappa shape index (κ1) is 21.9. The number of carbonyl (C=O) groups excluding carboxylic acids is 1. The number of unbranched alkanes of at least 4 members (excludes halogenated alkanes) is 3. The van der Waals surface area contributed by atoms with Gasteiger partial charge in [0.05, 0.1) is 22.9 Å². The number of thioether (sulfide) groups is 1. The zero-order chi connectivity index (χ0) is 22.3. The highest BCUT2D eigenvalue weighted by Crippen LogP contribution is 2.31. The number of rotatable bonds is 9. The van der Waals surface area contributed by atoms with Gasteiger partial charge in [0.25, 0.3) is 5.91 Å². The molecule has 0 unspecified atom stereocenters. The van der Waals surface area contributed by atoms with E-state index in [4.69, 9.17) is 15.2 Å². The third-order valence-electron chi connectivity index (χ3n) is 5.11. The molecule has 6 nitrogen and oxygen atoms in total. The molecule has 0 radical (unpaired) electrons. The Balaban J connectivity index is 1.60. The van der Waals surface area contributed by atoms with Gasteiger partial charge in [0.2, 0.25) is 0 Å². The molecule has 1 saturated heterocycles. The van der Waals surface area contributed by atoms with Gasteiger partial charge in [-0.3, -0.25) is 10.2 Å². The summed E-state index contributed by atoms with van der Waals surface area (Å²) in [6.07, 6.45) is 8.40. The molecule has 0 bridgehead atoms. The Hall–Kier alpha value is -3.32. The van der Waals surface area contributed by atoms with Gasteiger partial charge >= 0.3 is 0 Å². The predicted molar refractivity (Wildman–Crippen MR) is 130 cm³/mol. The lowest BCUT2D eigenvalue weighted by atomic mass is 10.1. The molecule has 1 aromatic heterocycles. The van der Waals surface area contributed by atoms with Crippen LogP contribution in [0.15, 0.2) is 65.7 Å². The third-order valence-corrected chi connectivity index (χ3v) is 5.94. The van der Waals surface area contributed by atoms with E-state index in [2.05, 4.69) is 12.2 Å². The van der Waals surface area contributed by atoms with Crippen LogP contribution in [-0.2, 0) is 4.79 Å². The van der Waals surface area contributed by atoms with E-state index in [1.165, 1.54) is 19.3 Å². The highest BCUT2D eigenvalue weighted by molar-refractivity contribution is 8.18. The van der Waals surface area contributed by atoms with Gasteiger partial charge < -0.3 is 10.1 Å². The number of amides is 1. The Morgan fingerprint density at radius 3 is 2.56 bits per heavy atom. The van der Waals surface area contributed by atoms with E-state index in [0.29, 0.717) is 4.91 Å². The number of nitrogens with one attached hydrogen (secondary N) is 2. The van der Waals surface area contributed by atoms with E-state index in [0.717, 1.165) is 53.0 Å². The van der Waals surface area contributed by atoms with Crippen molar-refractivity contribution in [2.24, 2.45) is 0 Å². The van der Waals surface area contributed by atoms with Crippen LogP contribution in [0.1, 0.15) is 38.2 Å². The molecule has 1 aliphatic rings. The number of hydrogen-bond donors (Lipinski definition) is 2. The second-order valence-corrected chi connectivity index (χ2v) is 8.59. The number of benzene rings is 2. The molecule has 2 heterocycles. The van der Waals surface area contributed by atoms with Crippen molar-refractivity contribution in [2.75, 3.05) is 6.61 Å². The molecule has 7 heteroatoms. The first-order chi connectivity index (χ1) is 15.6. The lowest BCUT2D eigenvalue weighted by molar-refractivity contribution is -0.115. The van der Waals surface area contributed by atoms with Gasteiger partial charge in [-0.15, -0.1) is 0 Å². The molecule has 1 fully saturated rings. The minimum absolute atomic E-state index is 0.138. The molecule has 4 rings (SSSR count). The van der Waals surface area contributed by atoms with Gasteiger partial charge in [0, 0.05) is 17.3 Å². The molecule has 1 aliphatic heterocycles. The first-order valence-corrected chi connectivity index (χ1v) is 11.6. The van der Waals surface area contributed by atoms with Crippen molar-refractivity contribution in [1.29, 1.82) is 5.41 Å². The number of aromatic nitrogens is 2. The number of ether oxygens (including phenoxy) is 1. The van der Waals surface area contributed by atoms with E-state index >= 15 is 0 Å². The fourth-order valence-electron chi connectivity index (χ4n) is 3.44. The zero-order valence-corrected chi connectivity index (χ0v) is 18.8. The Morgan fingerprint density at radius 1 is 1.09 bits per heavy atom. The monoisotopic (exact) mass is 446 g/mol. The van der Waals surface area contributed by atoms with Gasteiger partial charge in [-0.25, -0.2) is 4.68 Å². The molecular weight excluding hydrogens is 420 g/mol. The minimum atomic E-state index is -0.259. The fourth-order valence-corrected chi connectivity index (χ4v) is 4.13. The molecule has 3 aromatic rings. The third kappa shape index (κ3) is 5.29. The van der Waals surface area contributed by atoms with Crippen LogP contribution in [0.5, 0.6) is 5.75 Å². The normalized spacial score (nSPS) is 14.7. The van der Waals surface area contributed by atoms with Crippen molar-refractivity contribution in [3.05, 3.63) is 71.3 Å². The summed E-state index contributed by atoms with van der Waals surface area (Å²) in [5.41, 5.74) is 3.45. The lowest BCUT2D eigenvalue weighted by Crippen LogP contribution is -2.18. The van der Waals surface area contributed by atoms with Crippen molar-refractivity contribution >= 4 is 28.9 Å². The molecule has 0 atom stereocenters. The summed E-state index contributed by atoms with van der Waals surface area (Å²) in [7, 11) is 0. The second-order valence-electron chi connectivity index (χ2n) is 7.54. The van der Waals surface area contributed by atoms with Crippen molar-refractivity contribution in [1.82, 2.24) is 15.1 Å². The van der Waals surface area contributed by atoms with Crippen LogP contribution in [0, 0.1) is 5.41 Å². The predicted octanol–water partition coefficient (Wildman–Crippen LogP) is 5.64. The van der Waals surface area contributed by atoms with Gasteiger partial charge in [0.1, 0.15) is 5.75 Å². The molecule has 0 aliphatic carbocycles. The number of hydrogen-bond acceptors (Lipinski definition) is 5. The summed E-state index contributed by atoms with van der Waals surface area (Å²) in [5.74, 6) is 0.581. The van der Waals surface area contributed by atoms with Crippen LogP contribution in [-0.4, -0.2) is 27.5 Å². The molecular formula is C25H26N4O2S. The summed E-state index contributed by atoms with van der Waals surface area (Å²) in [6.45, 7) is 2.92. The van der Waals surface area contributed by atoms with Crippen LogP contribution in [0.3, 0.4) is 0 Å². The first-order valence-electron chi connectivity index (χ1n) is 10.8. The van der Waals surface area contributed by atoms with Crippen LogP contribution >= 0.6 is 11.8 Å². The van der Waals surface area contributed by atoms with Gasteiger partial charge in [-0.05, 0) is 60.7 Å². The molecule has 0 spiro atoms. The zero-order valence-electron chi connectivity index (χ0n) is 18.0. The van der Waals surface area contributed by atoms with Gasteiger partial charge in [0.15, 0.2) is 5.17 Å². The van der Waals surface area contributed by atoms with Gasteiger partial charge in [-0.1, -0.05) is 44.4 Å². The molecule has 0 saturated carbocycles. The second kappa shape index (κ2) is 10.3. The minimum Gasteiger partial charge on any atom is -0.494 e. The van der Waals surface area contributed by atoms with E-state index in [9.17, 15) is 4.79 Å². The van der Waals surface area contributed by atoms with Crippen LogP contribution in [0.25, 0.3) is 23.0 Å². The van der Waals surface area contributed by atoms with E-state index in [1.807, 2.05) is 65.5 Å². The average molecular weight is 447 g/mol. The van der Waals surface area contributed by atoms with E-state index < -0.39 is 0 Å². The Labute approximate surface area is 192 Å². The Bertz CT molecular complexity index is 1120. The smallest absolute Gasteiger partial charge is 0.264 e. The summed E-state index contributed by atoms with van der Waals surface area (Å²) in [5, 5.41) is 15.2. The maximum absolute atomic E-state index is 12.1. The van der Waals surface area contributed by atoms with Crippen LogP contribution in [0.2, 0.25) is 0 Å². The maximum atomic E-state index is 12.1. The summed E-state index contributed by atoms with van der Waals surface area (Å²) in [4.78, 5) is 12.6. The van der Waals surface area contributed by atoms with Gasteiger partial charge in [-0.2, -0.15) is 5.10 Å². The van der Waals surface area contributed by atoms with E-state index in [-0.39, 0.29) is 11.1 Å². The molecule has 2 aromatic carbocycles. The van der Waals surface area contributed by atoms with Crippen LogP contribution < -0.4 is 10.1 Å². The number of carbonyl (C=O) groups is 1. The number of nitrogens with zero attached hydrogens (tertiary/aromatic N) is 2.